The van der Waals surface area contributed by atoms with Crippen molar-refractivity contribution < 1.29 is 24.5 Å². The number of amides is 1. The summed E-state index contributed by atoms with van der Waals surface area (Å²) in [7, 11) is 0. The third kappa shape index (κ3) is 77.1. The summed E-state index contributed by atoms with van der Waals surface area (Å²) in [6.07, 6.45) is 107. The third-order valence-corrected chi connectivity index (χ3v) is 19.9. The topological polar surface area (TPSA) is 95.9 Å². The van der Waals surface area contributed by atoms with E-state index in [4.69, 9.17) is 4.74 Å². The predicted molar refractivity (Wildman–Crippen MR) is 407 cm³/mol. The summed E-state index contributed by atoms with van der Waals surface area (Å²) in [5, 5.41) is 23.5. The van der Waals surface area contributed by atoms with Gasteiger partial charge in [-0.15, -0.1) is 0 Å². The van der Waals surface area contributed by atoms with Gasteiger partial charge in [0.25, 0.3) is 0 Å². The molecule has 0 saturated carbocycles. The smallest absolute Gasteiger partial charge is 0.305 e. The van der Waals surface area contributed by atoms with Crippen molar-refractivity contribution in [3.8, 4) is 0 Å². The fourth-order valence-corrected chi connectivity index (χ4v) is 13.5. The molecule has 0 spiro atoms. The van der Waals surface area contributed by atoms with Gasteiger partial charge in [-0.05, 0) is 83.5 Å². The summed E-state index contributed by atoms with van der Waals surface area (Å²) in [6.45, 7) is 4.99. The second kappa shape index (κ2) is 81.5. The Labute approximate surface area is 576 Å². The zero-order chi connectivity index (χ0) is 66.3. The number of hydrogen-bond acceptors (Lipinski definition) is 5. The van der Waals surface area contributed by atoms with Gasteiger partial charge in [-0.1, -0.05) is 416 Å². The van der Waals surface area contributed by atoms with E-state index < -0.39 is 12.1 Å². The summed E-state index contributed by atoms with van der Waals surface area (Å²) in [5.41, 5.74) is 0. The Balaban J connectivity index is 3.35. The van der Waals surface area contributed by atoms with Gasteiger partial charge >= 0.3 is 5.97 Å². The largest absolute Gasteiger partial charge is 0.466 e. The highest BCUT2D eigenvalue weighted by Crippen LogP contribution is 2.20. The van der Waals surface area contributed by atoms with Gasteiger partial charge in [-0.25, -0.2) is 0 Å². The second-order valence-electron chi connectivity index (χ2n) is 29.2. The lowest BCUT2D eigenvalue weighted by Gasteiger charge is -2.22. The Bertz CT molecular complexity index is 1490. The second-order valence-corrected chi connectivity index (χ2v) is 29.2. The molecule has 2 atom stereocenters. The molecule has 92 heavy (non-hydrogen) atoms. The minimum Gasteiger partial charge on any atom is -0.466 e. The first-order valence-corrected chi connectivity index (χ1v) is 42.2. The highest BCUT2D eigenvalue weighted by Gasteiger charge is 2.20. The van der Waals surface area contributed by atoms with Gasteiger partial charge < -0.3 is 20.3 Å². The van der Waals surface area contributed by atoms with Gasteiger partial charge in [-0.3, -0.25) is 9.59 Å². The van der Waals surface area contributed by atoms with E-state index in [9.17, 15) is 19.8 Å². The number of unbranched alkanes of at least 4 members (excludes halogenated alkanes) is 63. The van der Waals surface area contributed by atoms with Crippen LogP contribution in [0.1, 0.15) is 476 Å². The molecule has 3 N–H and O–H groups in total. The molecular weight excluding hydrogens is 1130 g/mol. The first kappa shape index (κ1) is 90.1. The fourth-order valence-electron chi connectivity index (χ4n) is 13.5. The average Bonchev–Trinajstić information content (AvgIpc) is 3.77. The minimum atomic E-state index is -0.664. The van der Waals surface area contributed by atoms with Crippen LogP contribution in [0.4, 0.5) is 0 Å². The van der Waals surface area contributed by atoms with Gasteiger partial charge in [-0.2, -0.15) is 0 Å². The van der Waals surface area contributed by atoms with E-state index >= 15 is 0 Å². The quantitative estimate of drug-likeness (QED) is 0.0320. The molecule has 0 aliphatic heterocycles. The zero-order valence-electron chi connectivity index (χ0n) is 62.6. The lowest BCUT2D eigenvalue weighted by atomic mass is 10.0. The van der Waals surface area contributed by atoms with Crippen molar-refractivity contribution in [3.05, 3.63) is 36.5 Å². The van der Waals surface area contributed by atoms with Crippen molar-refractivity contribution in [2.45, 2.75) is 488 Å². The molecule has 0 rings (SSSR count). The highest BCUT2D eigenvalue weighted by atomic mass is 16.5. The van der Waals surface area contributed by atoms with Gasteiger partial charge in [0.15, 0.2) is 0 Å². The van der Waals surface area contributed by atoms with Crippen LogP contribution in [0.3, 0.4) is 0 Å². The van der Waals surface area contributed by atoms with Gasteiger partial charge in [0.2, 0.25) is 5.91 Å². The number of allylic oxidation sites excluding steroid dienone is 6. The van der Waals surface area contributed by atoms with Gasteiger partial charge in [0.1, 0.15) is 0 Å². The zero-order valence-corrected chi connectivity index (χ0v) is 62.6. The van der Waals surface area contributed by atoms with E-state index in [1.807, 2.05) is 0 Å². The van der Waals surface area contributed by atoms with Crippen molar-refractivity contribution in [1.82, 2.24) is 5.32 Å². The standard InChI is InChI=1S/C86H165NO5/c1-3-5-7-9-11-13-15-17-19-21-23-24-25-37-40-43-46-50-54-58-62-66-70-74-78-84(89)83(82-88)87-85(90)79-75-71-67-63-59-55-51-47-44-41-38-35-33-31-29-27-26-28-30-32-34-36-39-42-45-49-53-57-61-65-69-73-77-81-92-86(91)80-76-72-68-64-60-56-52-48-22-20-18-16-14-12-10-8-6-4-2/h14,16,20,22,30,32,83-84,88-89H,3-13,15,17-19,21,23-29,31,33-82H2,1-2H3,(H,87,90)/b16-14-,22-20-,32-30-. The van der Waals surface area contributed by atoms with Crippen LogP contribution in [0.2, 0.25) is 0 Å². The summed E-state index contributed by atoms with van der Waals surface area (Å²) < 4.78 is 5.51. The molecule has 1 amide bonds. The molecule has 0 aromatic heterocycles. The molecule has 2 unspecified atom stereocenters. The van der Waals surface area contributed by atoms with E-state index in [1.165, 1.54) is 392 Å². The Kier molecular flexibility index (Phi) is 79.8. The van der Waals surface area contributed by atoms with Crippen LogP contribution in [0.15, 0.2) is 36.5 Å². The van der Waals surface area contributed by atoms with Crippen molar-refractivity contribution in [3.63, 3.8) is 0 Å². The molecule has 0 bridgehead atoms. The molecule has 0 heterocycles. The first-order valence-electron chi connectivity index (χ1n) is 42.2. The molecule has 0 aliphatic rings. The maximum absolute atomic E-state index is 12.6. The molecule has 0 fully saturated rings. The lowest BCUT2D eigenvalue weighted by Crippen LogP contribution is -2.45. The molecular formula is C86H165NO5. The third-order valence-electron chi connectivity index (χ3n) is 19.9. The van der Waals surface area contributed by atoms with E-state index in [1.54, 1.807) is 0 Å². The van der Waals surface area contributed by atoms with E-state index in [0.29, 0.717) is 25.9 Å². The number of aliphatic hydroxyl groups is 2. The number of nitrogens with one attached hydrogen (secondary N) is 1. The summed E-state index contributed by atoms with van der Waals surface area (Å²) >= 11 is 0. The summed E-state index contributed by atoms with van der Waals surface area (Å²) in [4.78, 5) is 24.7. The number of rotatable bonds is 80. The Morgan fingerprint density at radius 2 is 0.543 bits per heavy atom. The molecule has 544 valence electrons. The highest BCUT2D eigenvalue weighted by molar-refractivity contribution is 5.76. The first-order chi connectivity index (χ1) is 45.5. The van der Waals surface area contributed by atoms with E-state index in [2.05, 4.69) is 55.6 Å². The van der Waals surface area contributed by atoms with Crippen LogP contribution in [-0.2, 0) is 14.3 Å². The predicted octanol–water partition coefficient (Wildman–Crippen LogP) is 28.2. The number of aliphatic hydroxyl groups excluding tert-OH is 2. The number of hydrogen-bond donors (Lipinski definition) is 3. The van der Waals surface area contributed by atoms with Crippen LogP contribution in [0.25, 0.3) is 0 Å². The van der Waals surface area contributed by atoms with Crippen molar-refractivity contribution in [2.75, 3.05) is 13.2 Å². The normalized spacial score (nSPS) is 12.6. The monoisotopic (exact) mass is 1290 g/mol. The Morgan fingerprint density at radius 3 is 0.848 bits per heavy atom. The van der Waals surface area contributed by atoms with Crippen molar-refractivity contribution in [1.29, 1.82) is 0 Å². The molecule has 6 heteroatoms. The summed E-state index contributed by atoms with van der Waals surface area (Å²) in [5.74, 6) is -0.0138. The maximum Gasteiger partial charge on any atom is 0.305 e. The van der Waals surface area contributed by atoms with Crippen LogP contribution >= 0.6 is 0 Å². The van der Waals surface area contributed by atoms with E-state index in [-0.39, 0.29) is 18.5 Å². The number of carbonyl (C=O) groups is 2. The molecule has 0 aliphatic carbocycles. The SMILES string of the molecule is CCCCCC/C=C\C/C=C\CCCCCCCCCC(=O)OCCCCCCCCCCCCCC/C=C\CCCCCCCCCCCCCCCCCCCC(=O)NC(CO)C(O)CCCCCCCCCCCCCCCCCCCCCCCCCC. The molecule has 0 saturated heterocycles. The molecule has 0 aromatic rings. The Hall–Kier alpha value is -1.92. The van der Waals surface area contributed by atoms with Gasteiger partial charge in [0.05, 0.1) is 25.4 Å². The van der Waals surface area contributed by atoms with E-state index in [0.717, 1.165) is 51.4 Å². The van der Waals surface area contributed by atoms with Crippen molar-refractivity contribution >= 4 is 11.9 Å². The molecule has 0 aromatic carbocycles. The maximum atomic E-state index is 12.6. The van der Waals surface area contributed by atoms with Crippen molar-refractivity contribution in [2.24, 2.45) is 0 Å². The number of esters is 1. The van der Waals surface area contributed by atoms with Crippen LogP contribution < -0.4 is 5.32 Å². The van der Waals surface area contributed by atoms with Gasteiger partial charge in [0, 0.05) is 12.8 Å². The number of carbonyl (C=O) groups excluding carboxylic acids is 2. The lowest BCUT2D eigenvalue weighted by molar-refractivity contribution is -0.143. The van der Waals surface area contributed by atoms with Crippen LogP contribution in [0.5, 0.6) is 0 Å². The van der Waals surface area contributed by atoms with Crippen LogP contribution in [0, 0.1) is 0 Å². The minimum absolute atomic E-state index is 0.0123. The molecule has 0 radical (unpaired) electrons. The fraction of sp³-hybridized carbons (Fsp3) is 0.907. The van der Waals surface area contributed by atoms with Crippen LogP contribution in [-0.4, -0.2) is 47.4 Å². The average molecular weight is 1290 g/mol. The molecule has 6 nitrogen and oxygen atoms in total. The summed E-state index contributed by atoms with van der Waals surface area (Å²) in [6, 6.07) is -0.541. The number of ether oxygens (including phenoxy) is 1. The Morgan fingerprint density at radius 1 is 0.304 bits per heavy atom.